The topological polar surface area (TPSA) is 29.3 Å². The number of nitrogen functional groups attached to an aromatic ring is 1. The minimum absolute atomic E-state index is 0.215. The molecule has 0 aromatic heterocycles. The highest BCUT2D eigenvalue weighted by atomic mass is 19.1. The van der Waals surface area contributed by atoms with E-state index < -0.39 is 0 Å². The lowest BCUT2D eigenvalue weighted by molar-refractivity contribution is 0.576. The normalized spacial score (nSPS) is 16.8. The van der Waals surface area contributed by atoms with Crippen molar-refractivity contribution in [2.75, 3.05) is 23.7 Å². The number of halogens is 1. The van der Waals surface area contributed by atoms with Crippen molar-refractivity contribution in [3.63, 3.8) is 0 Å². The molecule has 82 valence electrons. The zero-order valence-electron chi connectivity index (χ0n) is 9.09. The lowest BCUT2D eigenvalue weighted by Gasteiger charge is -2.30. The molecule has 0 radical (unpaired) electrons. The summed E-state index contributed by atoms with van der Waals surface area (Å²) in [7, 11) is 0. The molecular weight excluding hydrogens is 191 g/mol. The first kappa shape index (κ1) is 10.3. The van der Waals surface area contributed by atoms with Gasteiger partial charge in [0.2, 0.25) is 0 Å². The Morgan fingerprint density at radius 1 is 1.20 bits per heavy atom. The van der Waals surface area contributed by atoms with Gasteiger partial charge in [0.15, 0.2) is 0 Å². The minimum atomic E-state index is -0.215. The molecule has 2 N–H and O–H groups in total. The van der Waals surface area contributed by atoms with Gasteiger partial charge in [-0.2, -0.15) is 0 Å². The fraction of sp³-hybridized carbons (Fsp3) is 0.500. The van der Waals surface area contributed by atoms with Crippen LogP contribution in [0.3, 0.4) is 0 Å². The Labute approximate surface area is 89.9 Å². The number of piperidine rings is 1. The largest absolute Gasteiger partial charge is 0.397 e. The molecule has 1 heterocycles. The van der Waals surface area contributed by atoms with Crippen molar-refractivity contribution in [3.05, 3.63) is 23.5 Å². The van der Waals surface area contributed by atoms with Crippen LogP contribution in [0.2, 0.25) is 0 Å². The molecule has 1 aliphatic rings. The van der Waals surface area contributed by atoms with Crippen LogP contribution < -0.4 is 10.6 Å². The predicted molar refractivity (Wildman–Crippen MR) is 61.6 cm³/mol. The summed E-state index contributed by atoms with van der Waals surface area (Å²) in [6.07, 6.45) is 3.70. The maximum Gasteiger partial charge on any atom is 0.128 e. The van der Waals surface area contributed by atoms with Crippen molar-refractivity contribution >= 4 is 11.4 Å². The summed E-state index contributed by atoms with van der Waals surface area (Å²) in [5, 5.41) is 0. The van der Waals surface area contributed by atoms with Gasteiger partial charge in [0.05, 0.1) is 11.4 Å². The second-order valence-corrected chi connectivity index (χ2v) is 4.21. The fourth-order valence-electron chi connectivity index (χ4n) is 2.09. The standard InChI is InChI=1S/C12H17FN2/c1-9-7-12(11(14)8-10(9)13)15-5-3-2-4-6-15/h7-8H,2-6,14H2,1H3. The number of anilines is 2. The molecule has 0 spiro atoms. The smallest absolute Gasteiger partial charge is 0.128 e. The number of hydrogen-bond donors (Lipinski definition) is 1. The Morgan fingerprint density at radius 3 is 2.53 bits per heavy atom. The van der Waals surface area contributed by atoms with Crippen LogP contribution in [0.25, 0.3) is 0 Å². The van der Waals surface area contributed by atoms with Crippen LogP contribution in [0.15, 0.2) is 12.1 Å². The van der Waals surface area contributed by atoms with E-state index in [1.54, 1.807) is 6.92 Å². The molecule has 1 aliphatic heterocycles. The Balaban J connectivity index is 2.30. The van der Waals surface area contributed by atoms with Gasteiger partial charge in [-0.05, 0) is 43.9 Å². The molecule has 3 heteroatoms. The molecule has 1 saturated heterocycles. The minimum Gasteiger partial charge on any atom is -0.397 e. The average Bonchev–Trinajstić information content (AvgIpc) is 2.25. The number of nitrogens with two attached hydrogens (primary N) is 1. The Hall–Kier alpha value is -1.25. The summed E-state index contributed by atoms with van der Waals surface area (Å²) in [5.74, 6) is -0.215. The molecule has 0 saturated carbocycles. The third-order valence-corrected chi connectivity index (χ3v) is 3.00. The third-order valence-electron chi connectivity index (χ3n) is 3.00. The van der Waals surface area contributed by atoms with Crippen LogP contribution >= 0.6 is 0 Å². The molecule has 1 fully saturated rings. The maximum atomic E-state index is 13.2. The second-order valence-electron chi connectivity index (χ2n) is 4.21. The van der Waals surface area contributed by atoms with Gasteiger partial charge in [-0.25, -0.2) is 4.39 Å². The lowest BCUT2D eigenvalue weighted by Crippen LogP contribution is -2.30. The van der Waals surface area contributed by atoms with Crippen molar-refractivity contribution in [1.29, 1.82) is 0 Å². The third kappa shape index (κ3) is 2.06. The van der Waals surface area contributed by atoms with Crippen LogP contribution in [-0.4, -0.2) is 13.1 Å². The second kappa shape index (κ2) is 4.09. The van der Waals surface area contributed by atoms with Crippen LogP contribution in [0, 0.1) is 12.7 Å². The summed E-state index contributed by atoms with van der Waals surface area (Å²) >= 11 is 0. The van der Waals surface area contributed by atoms with E-state index in [1.807, 2.05) is 6.07 Å². The van der Waals surface area contributed by atoms with Gasteiger partial charge in [-0.1, -0.05) is 0 Å². The summed E-state index contributed by atoms with van der Waals surface area (Å²) in [6, 6.07) is 3.29. The first-order valence-corrected chi connectivity index (χ1v) is 5.49. The summed E-state index contributed by atoms with van der Waals surface area (Å²) < 4.78 is 13.2. The molecule has 0 atom stereocenters. The van der Waals surface area contributed by atoms with Crippen molar-refractivity contribution in [2.24, 2.45) is 0 Å². The highest BCUT2D eigenvalue weighted by Gasteiger charge is 2.14. The first-order chi connectivity index (χ1) is 7.18. The van der Waals surface area contributed by atoms with Gasteiger partial charge < -0.3 is 10.6 Å². The summed E-state index contributed by atoms with van der Waals surface area (Å²) in [6.45, 7) is 3.85. The zero-order chi connectivity index (χ0) is 10.8. The van der Waals surface area contributed by atoms with E-state index in [9.17, 15) is 4.39 Å². The van der Waals surface area contributed by atoms with E-state index in [2.05, 4.69) is 4.90 Å². The molecule has 0 bridgehead atoms. The highest BCUT2D eigenvalue weighted by Crippen LogP contribution is 2.28. The molecule has 1 aromatic rings. The van der Waals surface area contributed by atoms with Gasteiger partial charge in [0.25, 0.3) is 0 Å². The molecule has 0 amide bonds. The van der Waals surface area contributed by atoms with E-state index in [1.165, 1.54) is 25.3 Å². The highest BCUT2D eigenvalue weighted by molar-refractivity contribution is 5.68. The van der Waals surface area contributed by atoms with Gasteiger partial charge in [-0.3, -0.25) is 0 Å². The molecule has 15 heavy (non-hydrogen) atoms. The van der Waals surface area contributed by atoms with E-state index in [0.717, 1.165) is 18.8 Å². The summed E-state index contributed by atoms with van der Waals surface area (Å²) in [5.41, 5.74) is 8.06. The molecule has 0 unspecified atom stereocenters. The number of benzene rings is 1. The zero-order valence-corrected chi connectivity index (χ0v) is 9.09. The maximum absolute atomic E-state index is 13.2. The van der Waals surface area contributed by atoms with Crippen LogP contribution in [0.4, 0.5) is 15.8 Å². The summed E-state index contributed by atoms with van der Waals surface area (Å²) in [4.78, 5) is 2.26. The van der Waals surface area contributed by atoms with Crippen molar-refractivity contribution < 1.29 is 4.39 Å². The van der Waals surface area contributed by atoms with Crippen molar-refractivity contribution in [1.82, 2.24) is 0 Å². The molecule has 0 aliphatic carbocycles. The van der Waals surface area contributed by atoms with Crippen molar-refractivity contribution in [2.45, 2.75) is 26.2 Å². The first-order valence-electron chi connectivity index (χ1n) is 5.49. The Kier molecular flexibility index (Phi) is 2.80. The Morgan fingerprint density at radius 2 is 1.87 bits per heavy atom. The monoisotopic (exact) mass is 208 g/mol. The van der Waals surface area contributed by atoms with Crippen LogP contribution in [0.1, 0.15) is 24.8 Å². The van der Waals surface area contributed by atoms with Crippen LogP contribution in [0.5, 0.6) is 0 Å². The predicted octanol–water partition coefficient (Wildman–Crippen LogP) is 2.71. The lowest BCUT2D eigenvalue weighted by atomic mass is 10.1. The number of rotatable bonds is 1. The number of aryl methyl sites for hydroxylation is 1. The van der Waals surface area contributed by atoms with Crippen LogP contribution in [-0.2, 0) is 0 Å². The fourth-order valence-corrected chi connectivity index (χ4v) is 2.09. The SMILES string of the molecule is Cc1cc(N2CCCCC2)c(N)cc1F. The van der Waals surface area contributed by atoms with E-state index in [-0.39, 0.29) is 5.82 Å². The molecular formula is C12H17FN2. The van der Waals surface area contributed by atoms with Gasteiger partial charge in [0, 0.05) is 13.1 Å². The van der Waals surface area contributed by atoms with Gasteiger partial charge in [-0.15, -0.1) is 0 Å². The number of hydrogen-bond acceptors (Lipinski definition) is 2. The number of nitrogens with zero attached hydrogens (tertiary/aromatic N) is 1. The Bertz CT molecular complexity index is 357. The van der Waals surface area contributed by atoms with E-state index >= 15 is 0 Å². The van der Waals surface area contributed by atoms with Gasteiger partial charge >= 0.3 is 0 Å². The molecule has 2 rings (SSSR count). The van der Waals surface area contributed by atoms with E-state index in [0.29, 0.717) is 11.3 Å². The van der Waals surface area contributed by atoms with Crippen molar-refractivity contribution in [3.8, 4) is 0 Å². The van der Waals surface area contributed by atoms with Gasteiger partial charge in [0.1, 0.15) is 5.82 Å². The quantitative estimate of drug-likeness (QED) is 0.719. The van der Waals surface area contributed by atoms with E-state index in [4.69, 9.17) is 5.73 Å². The average molecular weight is 208 g/mol. The molecule has 2 nitrogen and oxygen atoms in total. The molecule has 1 aromatic carbocycles.